The number of nitrogens with zero attached hydrogens (tertiary/aromatic N) is 3. The van der Waals surface area contributed by atoms with E-state index in [9.17, 15) is 4.79 Å². The van der Waals surface area contributed by atoms with Crippen LogP contribution in [0.5, 0.6) is 0 Å². The van der Waals surface area contributed by atoms with Gasteiger partial charge in [-0.05, 0) is 48.3 Å². The Morgan fingerprint density at radius 1 is 1.14 bits per heavy atom. The van der Waals surface area contributed by atoms with Gasteiger partial charge >= 0.3 is 0 Å². The number of hydrogen-bond acceptors (Lipinski definition) is 3. The molecule has 0 radical (unpaired) electrons. The summed E-state index contributed by atoms with van der Waals surface area (Å²) in [5.41, 5.74) is 1.34. The fourth-order valence-electron chi connectivity index (χ4n) is 4.21. The number of piperidine rings is 1. The molecule has 1 aliphatic carbocycles. The van der Waals surface area contributed by atoms with E-state index in [0.29, 0.717) is 11.8 Å². The van der Waals surface area contributed by atoms with E-state index in [4.69, 9.17) is 0 Å². The van der Waals surface area contributed by atoms with Crippen molar-refractivity contribution in [3.8, 4) is 0 Å². The molecule has 1 aromatic rings. The van der Waals surface area contributed by atoms with Crippen LogP contribution in [-0.2, 0) is 11.3 Å². The second kappa shape index (κ2) is 5.41. The van der Waals surface area contributed by atoms with Crippen LogP contribution in [0.3, 0.4) is 0 Å². The minimum absolute atomic E-state index is 0.410. The van der Waals surface area contributed by atoms with E-state index in [0.717, 1.165) is 37.9 Å². The first-order valence-electron chi connectivity index (χ1n) is 8.20. The van der Waals surface area contributed by atoms with E-state index in [1.807, 2.05) is 12.4 Å². The van der Waals surface area contributed by atoms with Crippen molar-refractivity contribution in [2.75, 3.05) is 26.2 Å². The van der Waals surface area contributed by atoms with Gasteiger partial charge in [-0.15, -0.1) is 0 Å². The molecule has 3 atom stereocenters. The van der Waals surface area contributed by atoms with Crippen LogP contribution in [0.4, 0.5) is 0 Å². The first-order valence-corrected chi connectivity index (χ1v) is 8.20. The third-order valence-corrected chi connectivity index (χ3v) is 5.47. The minimum Gasteiger partial charge on any atom is -0.343 e. The number of fused-ring (bicyclic) bond motifs is 1. The van der Waals surface area contributed by atoms with Crippen molar-refractivity contribution in [3.05, 3.63) is 30.1 Å². The fourth-order valence-corrected chi connectivity index (χ4v) is 4.21. The molecule has 3 heterocycles. The van der Waals surface area contributed by atoms with Gasteiger partial charge in [-0.2, -0.15) is 0 Å². The van der Waals surface area contributed by atoms with Crippen LogP contribution in [0.25, 0.3) is 0 Å². The number of carbonyl (C=O) groups excluding carboxylic acids is 1. The lowest BCUT2D eigenvalue weighted by Crippen LogP contribution is -2.30. The van der Waals surface area contributed by atoms with Crippen molar-refractivity contribution >= 4 is 5.91 Å². The smallest absolute Gasteiger partial charge is 0.222 e. The SMILES string of the molecule is O=C(CC1[C@H]2CN(Cc3ccncc3)C[C@@H]12)N1CCCC1. The van der Waals surface area contributed by atoms with Gasteiger partial charge in [-0.25, -0.2) is 0 Å². The van der Waals surface area contributed by atoms with Gasteiger partial charge in [0.15, 0.2) is 0 Å². The highest BCUT2D eigenvalue weighted by atomic mass is 16.2. The van der Waals surface area contributed by atoms with Gasteiger partial charge in [0.25, 0.3) is 0 Å². The Kier molecular flexibility index (Phi) is 3.42. The Bertz CT molecular complexity index is 500. The van der Waals surface area contributed by atoms with Crippen molar-refractivity contribution < 1.29 is 4.79 Å². The summed E-state index contributed by atoms with van der Waals surface area (Å²) in [5, 5.41) is 0. The molecule has 4 heteroatoms. The van der Waals surface area contributed by atoms with Crippen LogP contribution in [-0.4, -0.2) is 46.9 Å². The Hall–Kier alpha value is -1.42. The van der Waals surface area contributed by atoms with E-state index in [1.165, 1.54) is 31.5 Å². The molecule has 3 fully saturated rings. The molecule has 21 heavy (non-hydrogen) atoms. The Balaban J connectivity index is 1.25. The lowest BCUT2D eigenvalue weighted by atomic mass is 10.1. The zero-order chi connectivity index (χ0) is 14.2. The molecule has 0 bridgehead atoms. The van der Waals surface area contributed by atoms with Gasteiger partial charge in [0, 0.05) is 51.5 Å². The number of amides is 1. The molecule has 1 saturated carbocycles. The largest absolute Gasteiger partial charge is 0.343 e. The topological polar surface area (TPSA) is 36.4 Å². The summed E-state index contributed by atoms with van der Waals surface area (Å²) < 4.78 is 0. The van der Waals surface area contributed by atoms with E-state index < -0.39 is 0 Å². The standard InChI is InChI=1S/C17H23N3O/c21-17(20-7-1-2-8-20)9-14-15-11-19(12-16(14)15)10-13-3-5-18-6-4-13/h3-6,14-16H,1-2,7-12H2/t14?,15-,16+. The van der Waals surface area contributed by atoms with Crippen molar-refractivity contribution in [3.63, 3.8) is 0 Å². The van der Waals surface area contributed by atoms with E-state index >= 15 is 0 Å². The Morgan fingerprint density at radius 2 is 1.81 bits per heavy atom. The minimum atomic E-state index is 0.410. The molecular formula is C17H23N3O. The number of aromatic nitrogens is 1. The molecule has 4 nitrogen and oxygen atoms in total. The second-order valence-electron chi connectivity index (χ2n) is 6.83. The molecule has 2 saturated heterocycles. The summed E-state index contributed by atoms with van der Waals surface area (Å²) in [6.45, 7) is 5.36. The number of pyridine rings is 1. The predicted molar refractivity (Wildman–Crippen MR) is 80.4 cm³/mol. The van der Waals surface area contributed by atoms with Crippen molar-refractivity contribution in [1.29, 1.82) is 0 Å². The lowest BCUT2D eigenvalue weighted by molar-refractivity contribution is -0.130. The highest BCUT2D eigenvalue weighted by molar-refractivity contribution is 5.77. The van der Waals surface area contributed by atoms with Crippen LogP contribution in [0.15, 0.2) is 24.5 Å². The van der Waals surface area contributed by atoms with Gasteiger partial charge in [0.05, 0.1) is 0 Å². The van der Waals surface area contributed by atoms with Gasteiger partial charge < -0.3 is 4.90 Å². The summed E-state index contributed by atoms with van der Waals surface area (Å²) in [4.78, 5) is 20.9. The lowest BCUT2D eigenvalue weighted by Gasteiger charge is -2.20. The average Bonchev–Trinajstić information content (AvgIpc) is 2.96. The maximum Gasteiger partial charge on any atom is 0.222 e. The highest BCUT2D eigenvalue weighted by Crippen LogP contribution is 2.54. The number of hydrogen-bond donors (Lipinski definition) is 0. The summed E-state index contributed by atoms with van der Waals surface area (Å²) >= 11 is 0. The summed E-state index contributed by atoms with van der Waals surface area (Å²) in [6.07, 6.45) is 6.93. The Morgan fingerprint density at radius 3 is 2.48 bits per heavy atom. The molecule has 4 rings (SSSR count). The van der Waals surface area contributed by atoms with Crippen molar-refractivity contribution in [2.45, 2.75) is 25.8 Å². The Labute approximate surface area is 126 Å². The fraction of sp³-hybridized carbons (Fsp3) is 0.647. The van der Waals surface area contributed by atoms with E-state index in [2.05, 4.69) is 26.9 Å². The first kappa shape index (κ1) is 13.3. The summed E-state index contributed by atoms with van der Waals surface area (Å²) in [6, 6.07) is 4.19. The third-order valence-electron chi connectivity index (χ3n) is 5.47. The van der Waals surface area contributed by atoms with Gasteiger partial charge in [-0.3, -0.25) is 14.7 Å². The first-order chi connectivity index (χ1) is 10.3. The molecule has 1 aromatic heterocycles. The zero-order valence-electron chi connectivity index (χ0n) is 12.4. The monoisotopic (exact) mass is 285 g/mol. The van der Waals surface area contributed by atoms with Crippen molar-refractivity contribution in [1.82, 2.24) is 14.8 Å². The van der Waals surface area contributed by atoms with E-state index in [1.54, 1.807) is 0 Å². The molecule has 0 aromatic carbocycles. The van der Waals surface area contributed by atoms with Gasteiger partial charge in [-0.1, -0.05) is 0 Å². The van der Waals surface area contributed by atoms with Crippen LogP contribution in [0.2, 0.25) is 0 Å². The van der Waals surface area contributed by atoms with Gasteiger partial charge in [0.2, 0.25) is 5.91 Å². The molecule has 1 amide bonds. The third kappa shape index (κ3) is 2.69. The van der Waals surface area contributed by atoms with E-state index in [-0.39, 0.29) is 0 Å². The van der Waals surface area contributed by atoms with Crippen LogP contribution in [0, 0.1) is 17.8 Å². The highest BCUT2D eigenvalue weighted by Gasteiger charge is 2.55. The number of likely N-dealkylation sites (tertiary alicyclic amines) is 2. The molecule has 3 aliphatic rings. The van der Waals surface area contributed by atoms with Gasteiger partial charge in [0.1, 0.15) is 0 Å². The summed E-state index contributed by atoms with van der Waals surface area (Å²) in [7, 11) is 0. The normalized spacial score (nSPS) is 31.4. The maximum absolute atomic E-state index is 12.2. The number of carbonyl (C=O) groups is 1. The maximum atomic E-state index is 12.2. The van der Waals surface area contributed by atoms with Crippen molar-refractivity contribution in [2.24, 2.45) is 17.8 Å². The zero-order valence-corrected chi connectivity index (χ0v) is 12.4. The quantitative estimate of drug-likeness (QED) is 0.846. The second-order valence-corrected chi connectivity index (χ2v) is 6.83. The molecule has 0 N–H and O–H groups in total. The van der Waals surface area contributed by atoms with Crippen LogP contribution >= 0.6 is 0 Å². The summed E-state index contributed by atoms with van der Waals surface area (Å²) in [5.74, 6) is 2.64. The molecule has 1 unspecified atom stereocenters. The molecule has 112 valence electrons. The predicted octanol–water partition coefficient (Wildman–Crippen LogP) is 1.77. The molecule has 2 aliphatic heterocycles. The number of rotatable bonds is 4. The average molecular weight is 285 g/mol. The molecule has 0 spiro atoms. The van der Waals surface area contributed by atoms with Crippen LogP contribution < -0.4 is 0 Å². The van der Waals surface area contributed by atoms with Crippen LogP contribution in [0.1, 0.15) is 24.8 Å². The molecular weight excluding hydrogens is 262 g/mol.